The van der Waals surface area contributed by atoms with Gasteiger partial charge in [0.1, 0.15) is 5.60 Å². The SMILES string of the molecule is CCC(OC(=O)c1ccccc1)(C(C)C(C)C)C(C)(C)OC(=O)c1ccccc1. The highest BCUT2D eigenvalue weighted by atomic mass is 16.6. The molecule has 0 radical (unpaired) electrons. The Hall–Kier alpha value is -2.62. The van der Waals surface area contributed by atoms with E-state index in [1.807, 2.05) is 39.8 Å². The fourth-order valence-corrected chi connectivity index (χ4v) is 3.87. The van der Waals surface area contributed by atoms with Crippen LogP contribution in [0.5, 0.6) is 0 Å². The van der Waals surface area contributed by atoms with Crippen molar-refractivity contribution in [3.8, 4) is 0 Å². The number of rotatable bonds is 8. The summed E-state index contributed by atoms with van der Waals surface area (Å²) in [7, 11) is 0. The number of benzene rings is 2. The molecule has 0 N–H and O–H groups in total. The Morgan fingerprint density at radius 1 is 0.793 bits per heavy atom. The van der Waals surface area contributed by atoms with Crippen molar-refractivity contribution in [2.75, 3.05) is 0 Å². The van der Waals surface area contributed by atoms with Crippen LogP contribution >= 0.6 is 0 Å². The molecule has 0 aliphatic rings. The Morgan fingerprint density at radius 2 is 1.21 bits per heavy atom. The Bertz CT molecular complexity index is 811. The molecular formula is C25H32O4. The third-order valence-corrected chi connectivity index (χ3v) is 5.92. The maximum atomic E-state index is 13.0. The van der Waals surface area contributed by atoms with Crippen LogP contribution in [0.1, 0.15) is 68.7 Å². The predicted octanol–water partition coefficient (Wildman–Crippen LogP) is 5.92. The summed E-state index contributed by atoms with van der Waals surface area (Å²) >= 11 is 0. The van der Waals surface area contributed by atoms with Crippen LogP contribution in [0.25, 0.3) is 0 Å². The molecule has 0 aromatic heterocycles. The average molecular weight is 397 g/mol. The highest BCUT2D eigenvalue weighted by molar-refractivity contribution is 5.90. The van der Waals surface area contributed by atoms with E-state index in [0.717, 1.165) is 0 Å². The summed E-state index contributed by atoms with van der Waals surface area (Å²) in [4.78, 5) is 25.8. The first-order chi connectivity index (χ1) is 13.6. The molecule has 2 aromatic rings. The second-order valence-corrected chi connectivity index (χ2v) is 8.30. The van der Waals surface area contributed by atoms with Gasteiger partial charge in [0.05, 0.1) is 11.1 Å². The average Bonchev–Trinajstić information content (AvgIpc) is 2.72. The number of hydrogen-bond donors (Lipinski definition) is 0. The van der Waals surface area contributed by atoms with E-state index in [2.05, 4.69) is 13.8 Å². The van der Waals surface area contributed by atoms with Gasteiger partial charge in [0.25, 0.3) is 0 Å². The van der Waals surface area contributed by atoms with Gasteiger partial charge in [-0.3, -0.25) is 0 Å². The van der Waals surface area contributed by atoms with Crippen molar-refractivity contribution in [1.82, 2.24) is 0 Å². The van der Waals surface area contributed by atoms with Crippen LogP contribution in [0, 0.1) is 11.8 Å². The molecule has 2 unspecified atom stereocenters. The molecule has 2 aromatic carbocycles. The van der Waals surface area contributed by atoms with Crippen LogP contribution in [-0.2, 0) is 9.47 Å². The van der Waals surface area contributed by atoms with E-state index >= 15 is 0 Å². The molecule has 2 atom stereocenters. The molecule has 0 saturated carbocycles. The van der Waals surface area contributed by atoms with Gasteiger partial charge in [-0.2, -0.15) is 0 Å². The lowest BCUT2D eigenvalue weighted by atomic mass is 9.69. The Morgan fingerprint density at radius 3 is 1.59 bits per heavy atom. The van der Waals surface area contributed by atoms with Gasteiger partial charge in [-0.05, 0) is 50.5 Å². The smallest absolute Gasteiger partial charge is 0.338 e. The van der Waals surface area contributed by atoms with Gasteiger partial charge in [-0.1, -0.05) is 64.1 Å². The van der Waals surface area contributed by atoms with Crippen molar-refractivity contribution in [2.45, 2.75) is 59.2 Å². The quantitative estimate of drug-likeness (QED) is 0.520. The predicted molar refractivity (Wildman–Crippen MR) is 115 cm³/mol. The van der Waals surface area contributed by atoms with Gasteiger partial charge in [0.15, 0.2) is 5.60 Å². The third-order valence-electron chi connectivity index (χ3n) is 5.92. The van der Waals surface area contributed by atoms with Crippen LogP contribution in [0.2, 0.25) is 0 Å². The van der Waals surface area contributed by atoms with Crippen LogP contribution in [0.15, 0.2) is 60.7 Å². The minimum atomic E-state index is -1.04. The standard InChI is InChI=1S/C25H32O4/c1-7-25(19(4)18(2)3,29-23(27)21-16-12-9-13-17-21)24(5,6)28-22(26)20-14-10-8-11-15-20/h8-19H,7H2,1-6H3. The summed E-state index contributed by atoms with van der Waals surface area (Å²) in [6.07, 6.45) is 0.514. The van der Waals surface area contributed by atoms with Gasteiger partial charge in [0, 0.05) is 5.92 Å². The van der Waals surface area contributed by atoms with E-state index in [1.54, 1.807) is 48.5 Å². The Balaban J connectivity index is 2.42. The molecule has 4 nitrogen and oxygen atoms in total. The summed E-state index contributed by atoms with van der Waals surface area (Å²) in [5.74, 6) is -0.670. The Labute approximate surface area is 174 Å². The zero-order chi connectivity index (χ0) is 21.7. The van der Waals surface area contributed by atoms with Gasteiger partial charge in [0.2, 0.25) is 0 Å². The number of carbonyl (C=O) groups is 2. The van der Waals surface area contributed by atoms with Crippen LogP contribution in [0.3, 0.4) is 0 Å². The van der Waals surface area contributed by atoms with Crippen LogP contribution in [-0.4, -0.2) is 23.1 Å². The largest absolute Gasteiger partial charge is 0.452 e. The van der Waals surface area contributed by atoms with Crippen molar-refractivity contribution in [3.63, 3.8) is 0 Å². The van der Waals surface area contributed by atoms with Gasteiger partial charge in [-0.15, -0.1) is 0 Å². The highest BCUT2D eigenvalue weighted by Crippen LogP contribution is 2.43. The topological polar surface area (TPSA) is 52.6 Å². The molecule has 0 aliphatic heterocycles. The van der Waals surface area contributed by atoms with Crippen molar-refractivity contribution in [1.29, 1.82) is 0 Å². The lowest BCUT2D eigenvalue weighted by Crippen LogP contribution is -2.60. The lowest BCUT2D eigenvalue weighted by molar-refractivity contribution is -0.176. The van der Waals surface area contributed by atoms with Crippen molar-refractivity contribution in [2.24, 2.45) is 11.8 Å². The normalized spacial score (nSPS) is 14.7. The number of ether oxygens (including phenoxy) is 2. The number of esters is 2. The molecule has 0 fully saturated rings. The van der Waals surface area contributed by atoms with Gasteiger partial charge < -0.3 is 9.47 Å². The molecule has 0 heterocycles. The molecule has 2 rings (SSSR count). The van der Waals surface area contributed by atoms with Crippen molar-refractivity contribution < 1.29 is 19.1 Å². The summed E-state index contributed by atoms with van der Waals surface area (Å²) in [5.41, 5.74) is -1.08. The first kappa shape index (κ1) is 22.7. The maximum Gasteiger partial charge on any atom is 0.338 e. The third kappa shape index (κ3) is 4.87. The van der Waals surface area contributed by atoms with E-state index in [-0.39, 0.29) is 11.8 Å². The summed E-state index contributed by atoms with van der Waals surface area (Å²) < 4.78 is 12.2. The fourth-order valence-electron chi connectivity index (χ4n) is 3.87. The second-order valence-electron chi connectivity index (χ2n) is 8.30. The second kappa shape index (κ2) is 9.25. The van der Waals surface area contributed by atoms with E-state index in [0.29, 0.717) is 17.5 Å². The molecule has 0 bridgehead atoms. The molecule has 0 saturated heterocycles. The Kier molecular flexibility index (Phi) is 7.23. The first-order valence-electron chi connectivity index (χ1n) is 10.2. The molecule has 29 heavy (non-hydrogen) atoms. The van der Waals surface area contributed by atoms with Crippen molar-refractivity contribution in [3.05, 3.63) is 71.8 Å². The minimum absolute atomic E-state index is 0.0428. The van der Waals surface area contributed by atoms with E-state index < -0.39 is 23.1 Å². The van der Waals surface area contributed by atoms with Crippen LogP contribution < -0.4 is 0 Å². The van der Waals surface area contributed by atoms with E-state index in [4.69, 9.17) is 9.47 Å². The van der Waals surface area contributed by atoms with Gasteiger partial charge >= 0.3 is 11.9 Å². The zero-order valence-corrected chi connectivity index (χ0v) is 18.3. The van der Waals surface area contributed by atoms with E-state index in [9.17, 15) is 9.59 Å². The molecule has 4 heteroatoms. The first-order valence-corrected chi connectivity index (χ1v) is 10.2. The fraction of sp³-hybridized carbons (Fsp3) is 0.440. The molecule has 0 amide bonds. The lowest BCUT2D eigenvalue weighted by Gasteiger charge is -2.49. The molecule has 156 valence electrons. The molecule has 0 spiro atoms. The maximum absolute atomic E-state index is 13.0. The van der Waals surface area contributed by atoms with Crippen LogP contribution in [0.4, 0.5) is 0 Å². The minimum Gasteiger partial charge on any atom is -0.452 e. The highest BCUT2D eigenvalue weighted by Gasteiger charge is 2.54. The van der Waals surface area contributed by atoms with Crippen molar-refractivity contribution >= 4 is 11.9 Å². The number of carbonyl (C=O) groups excluding carboxylic acids is 2. The van der Waals surface area contributed by atoms with Gasteiger partial charge in [-0.25, -0.2) is 9.59 Å². The molecule has 0 aliphatic carbocycles. The van der Waals surface area contributed by atoms with E-state index in [1.165, 1.54) is 0 Å². The monoisotopic (exact) mass is 396 g/mol. The summed E-state index contributed by atoms with van der Waals surface area (Å²) in [5, 5.41) is 0. The molecular weight excluding hydrogens is 364 g/mol. The summed E-state index contributed by atoms with van der Waals surface area (Å²) in [6.45, 7) is 11.8. The number of hydrogen-bond acceptors (Lipinski definition) is 4. The zero-order valence-electron chi connectivity index (χ0n) is 18.3. The summed E-state index contributed by atoms with van der Waals surface area (Å²) in [6, 6.07) is 17.8.